The highest BCUT2D eigenvalue weighted by molar-refractivity contribution is 7.86. The molecule has 0 aliphatic carbocycles. The number of rotatable bonds is 9. The van der Waals surface area contributed by atoms with Gasteiger partial charge in [0.05, 0.1) is 15.6 Å². The topological polar surface area (TPSA) is 58.6 Å². The van der Waals surface area contributed by atoms with Crippen molar-refractivity contribution in [2.45, 2.75) is 54.6 Å². The van der Waals surface area contributed by atoms with Crippen molar-refractivity contribution in [1.82, 2.24) is 10.2 Å². The van der Waals surface area contributed by atoms with E-state index in [0.29, 0.717) is 6.54 Å². The number of nitrogens with zero attached hydrogens (tertiary/aromatic N) is 1. The summed E-state index contributed by atoms with van der Waals surface area (Å²) in [5.41, 5.74) is 2.22. The molecule has 49 heavy (non-hydrogen) atoms. The van der Waals surface area contributed by atoms with Gasteiger partial charge in [-0.05, 0) is 107 Å². The molecule has 0 bridgehead atoms. The van der Waals surface area contributed by atoms with Crippen LogP contribution in [0.5, 0.6) is 0 Å². The van der Waals surface area contributed by atoms with Crippen molar-refractivity contribution in [3.05, 3.63) is 120 Å². The number of hydrogen-bond donors (Lipinski definition) is 1. The van der Waals surface area contributed by atoms with Gasteiger partial charge < -0.3 is 5.32 Å². The molecule has 0 spiro atoms. The Morgan fingerprint density at radius 1 is 0.755 bits per heavy atom. The van der Waals surface area contributed by atoms with Crippen LogP contribution in [-0.4, -0.2) is 46.7 Å². The molecule has 260 valence electrons. The minimum absolute atomic E-state index is 0.0775. The Morgan fingerprint density at radius 3 is 1.73 bits per heavy atom. The second kappa shape index (κ2) is 20.4. The third kappa shape index (κ3) is 18.2. The summed E-state index contributed by atoms with van der Waals surface area (Å²) in [6, 6.07) is 29.2. The predicted molar refractivity (Wildman–Crippen MR) is 211 cm³/mol. The van der Waals surface area contributed by atoms with Gasteiger partial charge in [-0.2, -0.15) is 8.42 Å². The summed E-state index contributed by atoms with van der Waals surface area (Å²) in [4.78, 5) is 1.70. The summed E-state index contributed by atoms with van der Waals surface area (Å²) in [5.74, 6) is 11.5. The molecule has 0 amide bonds. The number of fused-ring (bicyclic) bond motifs is 2. The fraction of sp³-hybridized carbons (Fsp3) is 0.349. The van der Waals surface area contributed by atoms with Gasteiger partial charge in [0.2, 0.25) is 0 Å². The predicted octanol–water partition coefficient (Wildman–Crippen LogP) is 9.00. The summed E-state index contributed by atoms with van der Waals surface area (Å²) in [6.07, 6.45) is 6.14. The molecule has 0 aliphatic heterocycles. The van der Waals surface area contributed by atoms with Gasteiger partial charge in [0.15, 0.2) is 0 Å². The van der Waals surface area contributed by atoms with E-state index in [4.69, 9.17) is 5.48 Å². The molecule has 0 fully saturated rings. The van der Waals surface area contributed by atoms with E-state index in [1.54, 1.807) is 18.0 Å². The fourth-order valence-electron chi connectivity index (χ4n) is 4.28. The van der Waals surface area contributed by atoms with Crippen molar-refractivity contribution in [2.24, 2.45) is 10.8 Å². The molecule has 0 aromatic heterocycles. The smallest absolute Gasteiger partial charge is 0.264 e. The zero-order chi connectivity index (χ0) is 39.9. The Hall–Kier alpha value is -4.17. The van der Waals surface area contributed by atoms with Crippen LogP contribution in [0, 0.1) is 34.5 Å². The quantitative estimate of drug-likeness (QED) is 0.141. The Balaban J connectivity index is 0.000000291. The maximum absolute atomic E-state index is 10.7. The Kier molecular flexibility index (Phi) is 14.4. The number of likely N-dealkylation sites (N-methyl/N-ethyl adjacent to an activating group) is 1. The molecule has 5 nitrogen and oxygen atoms in total. The molecule has 0 saturated heterocycles. The fourth-order valence-corrected chi connectivity index (χ4v) is 4.51. The lowest BCUT2D eigenvalue weighted by atomic mass is 9.98. The number of allylic oxidation sites excluding steroid dienone is 2. The minimum Gasteiger partial charge on any atom is -0.316 e. The van der Waals surface area contributed by atoms with Crippen LogP contribution in [0.2, 0.25) is 0 Å². The third-order valence-corrected chi connectivity index (χ3v) is 6.72. The average molecular weight is 683 g/mol. The van der Waals surface area contributed by atoms with Gasteiger partial charge in [0.25, 0.3) is 10.1 Å². The minimum atomic E-state index is -3.82. The highest BCUT2D eigenvalue weighted by atomic mass is 32.2. The number of nitrogens with one attached hydrogen (secondary N) is 1. The van der Waals surface area contributed by atoms with Crippen LogP contribution in [0.25, 0.3) is 21.5 Å². The average Bonchev–Trinajstić information content (AvgIpc) is 3.04. The lowest BCUT2D eigenvalue weighted by Gasteiger charge is -2.15. The van der Waals surface area contributed by atoms with E-state index in [1.807, 2.05) is 66.8 Å². The largest absolute Gasteiger partial charge is 0.316 e. The van der Waals surface area contributed by atoms with Crippen LogP contribution in [-0.2, 0) is 27.4 Å². The molecule has 0 unspecified atom stereocenters. The summed E-state index contributed by atoms with van der Waals surface area (Å²) in [6.45, 7) is 9.40. The molecular weight excluding hydrogens is 625 g/mol. The Bertz CT molecular complexity index is 2080. The standard InChI is InChI=1S/C21H25N.C12H13N.C10H16O3S/c1-21(2,3)15-8-5-9-16-22(4)17-19-13-10-12-18-11-6-7-14-20(18)19;1-13-9-11-7-4-6-10-5-2-3-8-12(10)11;1-10(2,3)8-6-5-7-9-13-14(4,11)12/h5-7,9-14H,16-17H2,1-4H3;2-8,13H,9H2,1H3;5,7H,9H2,1-4H3/b9-5+;;7-5+/i16D2;;9D2. The first kappa shape index (κ1) is 34.7. The second-order valence-corrected chi connectivity index (χ2v) is 15.0. The Morgan fingerprint density at radius 2 is 1.22 bits per heavy atom. The molecule has 6 heteroatoms. The molecule has 4 aromatic rings. The molecule has 4 rings (SSSR count). The van der Waals surface area contributed by atoms with E-state index in [0.717, 1.165) is 24.4 Å². The molecule has 0 atom stereocenters. The Labute approximate surface area is 302 Å². The molecule has 1 N–H and O–H groups in total. The van der Waals surface area contributed by atoms with Crippen molar-refractivity contribution in [3.8, 4) is 23.7 Å². The van der Waals surface area contributed by atoms with Crippen molar-refractivity contribution in [3.63, 3.8) is 0 Å². The van der Waals surface area contributed by atoms with Gasteiger partial charge in [0, 0.05) is 33.2 Å². The normalized spacial score (nSPS) is 13.5. The van der Waals surface area contributed by atoms with Crippen molar-refractivity contribution in [1.29, 1.82) is 0 Å². The first-order valence-corrected chi connectivity index (χ1v) is 17.9. The maximum atomic E-state index is 10.7. The zero-order valence-corrected chi connectivity index (χ0v) is 31.2. The molecule has 0 saturated carbocycles. The lowest BCUT2D eigenvalue weighted by molar-refractivity contribution is 0.361. The van der Waals surface area contributed by atoms with E-state index in [-0.39, 0.29) is 10.8 Å². The van der Waals surface area contributed by atoms with Gasteiger partial charge in [-0.3, -0.25) is 9.08 Å². The van der Waals surface area contributed by atoms with Gasteiger partial charge in [-0.15, -0.1) is 0 Å². The number of hydrogen-bond acceptors (Lipinski definition) is 5. The highest BCUT2D eigenvalue weighted by Gasteiger charge is 2.04. The zero-order valence-electron chi connectivity index (χ0n) is 34.4. The van der Waals surface area contributed by atoms with Gasteiger partial charge in [0.1, 0.15) is 0 Å². The molecular formula is C43H54N2O3S. The molecule has 4 aromatic carbocycles. The van der Waals surface area contributed by atoms with E-state index < -0.39 is 23.2 Å². The van der Waals surface area contributed by atoms with E-state index in [9.17, 15) is 8.42 Å². The summed E-state index contributed by atoms with van der Waals surface area (Å²) in [5, 5.41) is 8.18. The monoisotopic (exact) mass is 682 g/mol. The van der Waals surface area contributed by atoms with Crippen LogP contribution in [0.3, 0.4) is 0 Å². The molecule has 0 aliphatic rings. The van der Waals surface area contributed by atoms with E-state index >= 15 is 0 Å². The summed E-state index contributed by atoms with van der Waals surface area (Å²) >= 11 is 0. The van der Waals surface area contributed by atoms with Crippen LogP contribution < -0.4 is 5.32 Å². The molecule has 0 heterocycles. The lowest BCUT2D eigenvalue weighted by Crippen LogP contribution is -2.17. The SMILES string of the molecule is CNCc1cccc2ccccc12.[2H]C([2H])(/C=C/C#CC(C)(C)C)N(C)Cc1cccc2ccccc12.[2H]C([2H])(/C=C/C#CC(C)(C)C)OS(C)(=O)=O. The highest BCUT2D eigenvalue weighted by Crippen LogP contribution is 2.20. The molecule has 0 radical (unpaired) electrons. The summed E-state index contributed by atoms with van der Waals surface area (Å²) in [7, 11) is -0.0529. The van der Waals surface area contributed by atoms with Crippen LogP contribution in [0.15, 0.2) is 109 Å². The van der Waals surface area contributed by atoms with Gasteiger partial charge in [-0.25, -0.2) is 0 Å². The second-order valence-electron chi connectivity index (χ2n) is 13.4. The van der Waals surface area contributed by atoms with Gasteiger partial charge >= 0.3 is 0 Å². The van der Waals surface area contributed by atoms with Crippen molar-refractivity contribution >= 4 is 31.7 Å². The van der Waals surface area contributed by atoms with Crippen molar-refractivity contribution in [2.75, 3.05) is 33.4 Å². The first-order valence-electron chi connectivity index (χ1n) is 18.1. The van der Waals surface area contributed by atoms with E-state index in [1.165, 1.54) is 39.3 Å². The van der Waals surface area contributed by atoms with Crippen LogP contribution in [0.4, 0.5) is 0 Å². The third-order valence-electron chi connectivity index (χ3n) is 6.32. The van der Waals surface area contributed by atoms with Gasteiger partial charge in [-0.1, -0.05) is 115 Å². The first-order chi connectivity index (χ1) is 24.5. The summed E-state index contributed by atoms with van der Waals surface area (Å²) < 4.78 is 56.6. The van der Waals surface area contributed by atoms with Crippen LogP contribution in [0.1, 0.15) is 58.2 Å². The maximum Gasteiger partial charge on any atom is 0.264 e. The van der Waals surface area contributed by atoms with Crippen LogP contribution >= 0.6 is 0 Å². The van der Waals surface area contributed by atoms with E-state index in [2.05, 4.69) is 99.9 Å². The number of benzene rings is 4. The van der Waals surface area contributed by atoms with Crippen molar-refractivity contribution < 1.29 is 18.1 Å².